The minimum absolute atomic E-state index is 0.247. The van der Waals surface area contributed by atoms with Crippen LogP contribution in [0, 0.1) is 17.3 Å². The first-order valence-corrected chi connectivity index (χ1v) is 4.83. The van der Waals surface area contributed by atoms with Crippen molar-refractivity contribution >= 4 is 5.78 Å². The van der Waals surface area contributed by atoms with Crippen molar-refractivity contribution in [3.63, 3.8) is 0 Å². The Hall–Kier alpha value is -0.850. The van der Waals surface area contributed by atoms with Gasteiger partial charge in [0.1, 0.15) is 5.78 Å². The molecule has 0 spiro atoms. The Morgan fingerprint density at radius 2 is 1.69 bits per heavy atom. The van der Waals surface area contributed by atoms with Crippen LogP contribution in [0.1, 0.15) is 26.7 Å². The molecule has 1 nitrogen and oxygen atoms in total. The van der Waals surface area contributed by atoms with Gasteiger partial charge in [-0.2, -0.15) is 0 Å². The van der Waals surface area contributed by atoms with Crippen LogP contribution in [-0.4, -0.2) is 5.78 Å². The summed E-state index contributed by atoms with van der Waals surface area (Å²) in [5, 5.41) is 0. The molecular formula is C12H18O. The molecule has 0 saturated heterocycles. The Morgan fingerprint density at radius 3 is 1.92 bits per heavy atom. The van der Waals surface area contributed by atoms with Crippen molar-refractivity contribution in [2.45, 2.75) is 26.7 Å². The molecule has 1 rings (SSSR count). The highest BCUT2D eigenvalue weighted by Gasteiger charge is 2.47. The van der Waals surface area contributed by atoms with Gasteiger partial charge in [0, 0.05) is 5.41 Å². The summed E-state index contributed by atoms with van der Waals surface area (Å²) in [6, 6.07) is 0. The third kappa shape index (κ3) is 1.37. The standard InChI is InChI=1S/C12H18O/c1-5-10-7-8-11(6-2)12(10,4)9(3)13/h5-6,10-11H,1-2,7-8H2,3-4H3/t10-,11-/m0/s1. The first-order chi connectivity index (χ1) is 6.07. The van der Waals surface area contributed by atoms with E-state index in [0.29, 0.717) is 11.8 Å². The maximum Gasteiger partial charge on any atom is 0.136 e. The van der Waals surface area contributed by atoms with Crippen LogP contribution >= 0.6 is 0 Å². The molecule has 0 radical (unpaired) electrons. The molecule has 1 aliphatic rings. The molecule has 0 aromatic rings. The van der Waals surface area contributed by atoms with E-state index in [1.807, 2.05) is 19.1 Å². The Balaban J connectivity index is 3.03. The number of carbonyl (C=O) groups is 1. The molecule has 0 unspecified atom stereocenters. The number of ketones is 1. The highest BCUT2D eigenvalue weighted by Crippen LogP contribution is 2.49. The van der Waals surface area contributed by atoms with Gasteiger partial charge in [0.2, 0.25) is 0 Å². The average Bonchev–Trinajstić information content (AvgIpc) is 2.43. The lowest BCUT2D eigenvalue weighted by molar-refractivity contribution is -0.128. The topological polar surface area (TPSA) is 17.1 Å². The molecule has 0 aromatic carbocycles. The monoisotopic (exact) mass is 178 g/mol. The summed E-state index contributed by atoms with van der Waals surface area (Å²) in [6.45, 7) is 11.3. The predicted molar refractivity (Wildman–Crippen MR) is 55.4 cm³/mol. The minimum atomic E-state index is -0.247. The van der Waals surface area contributed by atoms with E-state index in [9.17, 15) is 4.79 Å². The Morgan fingerprint density at radius 1 is 1.31 bits per heavy atom. The van der Waals surface area contributed by atoms with Crippen LogP contribution in [0.5, 0.6) is 0 Å². The Labute approximate surface area is 80.5 Å². The van der Waals surface area contributed by atoms with Crippen molar-refractivity contribution in [2.24, 2.45) is 17.3 Å². The third-order valence-corrected chi connectivity index (χ3v) is 3.66. The molecule has 0 N–H and O–H groups in total. The van der Waals surface area contributed by atoms with Crippen molar-refractivity contribution in [3.05, 3.63) is 25.3 Å². The molecule has 0 bridgehead atoms. The maximum atomic E-state index is 11.6. The van der Waals surface area contributed by atoms with Gasteiger partial charge in [0.25, 0.3) is 0 Å². The van der Waals surface area contributed by atoms with Crippen LogP contribution < -0.4 is 0 Å². The van der Waals surface area contributed by atoms with Crippen LogP contribution in [0.2, 0.25) is 0 Å². The van der Waals surface area contributed by atoms with Gasteiger partial charge in [0.05, 0.1) is 0 Å². The SMILES string of the molecule is C=C[C@H]1CC[C@H](C=C)C1(C)C(C)=O. The second-order valence-corrected chi connectivity index (χ2v) is 4.10. The fraction of sp³-hybridized carbons (Fsp3) is 0.583. The molecule has 0 aromatic heterocycles. The predicted octanol–water partition coefficient (Wildman–Crippen LogP) is 2.98. The van der Waals surface area contributed by atoms with Crippen molar-refractivity contribution < 1.29 is 4.79 Å². The number of hydrogen-bond acceptors (Lipinski definition) is 1. The number of rotatable bonds is 3. The fourth-order valence-corrected chi connectivity index (χ4v) is 2.48. The largest absolute Gasteiger partial charge is 0.299 e. The van der Waals surface area contributed by atoms with Crippen LogP contribution in [0.3, 0.4) is 0 Å². The summed E-state index contributed by atoms with van der Waals surface area (Å²) >= 11 is 0. The van der Waals surface area contributed by atoms with Gasteiger partial charge in [-0.05, 0) is 31.6 Å². The normalized spacial score (nSPS) is 31.2. The summed E-state index contributed by atoms with van der Waals surface area (Å²) in [4.78, 5) is 11.6. The van der Waals surface area contributed by atoms with Gasteiger partial charge in [-0.1, -0.05) is 19.1 Å². The first-order valence-electron chi connectivity index (χ1n) is 4.83. The molecule has 72 valence electrons. The summed E-state index contributed by atoms with van der Waals surface area (Å²) in [6.07, 6.45) is 5.97. The van der Waals surface area contributed by atoms with Crippen molar-refractivity contribution in [1.82, 2.24) is 0 Å². The van der Waals surface area contributed by atoms with Crippen molar-refractivity contribution in [1.29, 1.82) is 0 Å². The number of Topliss-reactive ketones (excluding diaryl/α,β-unsaturated/α-hetero) is 1. The van der Waals surface area contributed by atoms with Crippen LogP contribution in [-0.2, 0) is 4.79 Å². The zero-order chi connectivity index (χ0) is 10.1. The lowest BCUT2D eigenvalue weighted by Gasteiger charge is -2.31. The summed E-state index contributed by atoms with van der Waals surface area (Å²) in [5.41, 5.74) is -0.247. The van der Waals surface area contributed by atoms with Gasteiger partial charge < -0.3 is 0 Å². The van der Waals surface area contributed by atoms with E-state index in [2.05, 4.69) is 13.2 Å². The van der Waals surface area contributed by atoms with Gasteiger partial charge in [-0.15, -0.1) is 13.2 Å². The van der Waals surface area contributed by atoms with E-state index < -0.39 is 0 Å². The van der Waals surface area contributed by atoms with Gasteiger partial charge in [0.15, 0.2) is 0 Å². The van der Waals surface area contributed by atoms with Crippen molar-refractivity contribution in [3.8, 4) is 0 Å². The van der Waals surface area contributed by atoms with Gasteiger partial charge >= 0.3 is 0 Å². The molecule has 2 atom stereocenters. The number of carbonyl (C=O) groups excluding carboxylic acids is 1. The Bertz CT molecular complexity index is 224. The number of allylic oxidation sites excluding steroid dienone is 2. The molecule has 1 fully saturated rings. The molecule has 1 aliphatic carbocycles. The Kier molecular flexibility index (Phi) is 2.74. The van der Waals surface area contributed by atoms with E-state index in [4.69, 9.17) is 0 Å². The second kappa shape index (κ2) is 3.49. The van der Waals surface area contributed by atoms with Gasteiger partial charge in [-0.25, -0.2) is 0 Å². The lowest BCUT2D eigenvalue weighted by atomic mass is 9.71. The highest BCUT2D eigenvalue weighted by atomic mass is 16.1. The third-order valence-electron chi connectivity index (χ3n) is 3.66. The molecule has 13 heavy (non-hydrogen) atoms. The molecule has 0 aliphatic heterocycles. The molecule has 1 saturated carbocycles. The molecule has 0 heterocycles. The minimum Gasteiger partial charge on any atom is -0.299 e. The lowest BCUT2D eigenvalue weighted by Crippen LogP contribution is -2.34. The van der Waals surface area contributed by atoms with E-state index in [1.165, 1.54) is 0 Å². The molecular weight excluding hydrogens is 160 g/mol. The smallest absolute Gasteiger partial charge is 0.136 e. The van der Waals surface area contributed by atoms with Crippen LogP contribution in [0.4, 0.5) is 0 Å². The highest BCUT2D eigenvalue weighted by molar-refractivity contribution is 5.83. The summed E-state index contributed by atoms with van der Waals surface area (Å²) in [5.74, 6) is 0.917. The van der Waals surface area contributed by atoms with Gasteiger partial charge in [-0.3, -0.25) is 4.79 Å². The number of hydrogen-bond donors (Lipinski definition) is 0. The van der Waals surface area contributed by atoms with Crippen LogP contribution in [0.15, 0.2) is 25.3 Å². The molecule has 1 heteroatoms. The van der Waals surface area contributed by atoms with Crippen LogP contribution in [0.25, 0.3) is 0 Å². The van der Waals surface area contributed by atoms with E-state index in [-0.39, 0.29) is 11.2 Å². The summed E-state index contributed by atoms with van der Waals surface area (Å²) < 4.78 is 0. The quantitative estimate of drug-likeness (QED) is 0.607. The van der Waals surface area contributed by atoms with Crippen molar-refractivity contribution in [2.75, 3.05) is 0 Å². The summed E-state index contributed by atoms with van der Waals surface area (Å²) in [7, 11) is 0. The zero-order valence-electron chi connectivity index (χ0n) is 8.55. The first kappa shape index (κ1) is 10.2. The van der Waals surface area contributed by atoms with E-state index in [1.54, 1.807) is 6.92 Å². The second-order valence-electron chi connectivity index (χ2n) is 4.10. The zero-order valence-corrected chi connectivity index (χ0v) is 8.55. The molecule has 0 amide bonds. The average molecular weight is 178 g/mol. The van der Waals surface area contributed by atoms with E-state index in [0.717, 1.165) is 12.8 Å². The van der Waals surface area contributed by atoms with E-state index >= 15 is 0 Å². The maximum absolute atomic E-state index is 11.6. The fourth-order valence-electron chi connectivity index (χ4n) is 2.48.